The molecule has 0 bridgehead atoms. The Hall–Kier alpha value is -1.64. The van der Waals surface area contributed by atoms with Gasteiger partial charge in [-0.25, -0.2) is 0 Å². The van der Waals surface area contributed by atoms with Gasteiger partial charge in [0.25, 0.3) is 0 Å². The van der Waals surface area contributed by atoms with Crippen molar-refractivity contribution < 1.29 is 40.9 Å². The standard InChI is InChI=1S/C10H8F6O3/c1-5(17)8-6(18-9(11,12)13)3-2-4-7(8)19-10(14,15)16/h2-5,17H,1H3. The Kier molecular flexibility index (Phi) is 4.18. The van der Waals surface area contributed by atoms with Crippen molar-refractivity contribution in [3.63, 3.8) is 0 Å². The molecule has 1 atom stereocenters. The first-order chi connectivity index (χ1) is 8.49. The van der Waals surface area contributed by atoms with E-state index in [1.807, 2.05) is 0 Å². The van der Waals surface area contributed by atoms with Crippen LogP contribution < -0.4 is 9.47 Å². The molecule has 0 aromatic heterocycles. The lowest BCUT2D eigenvalue weighted by Crippen LogP contribution is -2.21. The minimum absolute atomic E-state index is 0.739. The van der Waals surface area contributed by atoms with Gasteiger partial charge in [0, 0.05) is 0 Å². The zero-order valence-corrected chi connectivity index (χ0v) is 9.34. The highest BCUT2D eigenvalue weighted by atomic mass is 19.4. The molecule has 1 unspecified atom stereocenters. The van der Waals surface area contributed by atoms with E-state index in [1.54, 1.807) is 0 Å². The van der Waals surface area contributed by atoms with Gasteiger partial charge in [0.1, 0.15) is 11.5 Å². The number of alkyl halides is 6. The van der Waals surface area contributed by atoms with E-state index in [2.05, 4.69) is 9.47 Å². The summed E-state index contributed by atoms with van der Waals surface area (Å²) >= 11 is 0. The van der Waals surface area contributed by atoms with Crippen molar-refractivity contribution in [1.82, 2.24) is 0 Å². The lowest BCUT2D eigenvalue weighted by Gasteiger charge is -2.19. The summed E-state index contributed by atoms with van der Waals surface area (Å²) in [5.41, 5.74) is -0.739. The molecule has 1 N–H and O–H groups in total. The largest absolute Gasteiger partial charge is 0.573 e. The molecule has 0 saturated heterocycles. The van der Waals surface area contributed by atoms with Gasteiger partial charge in [0.15, 0.2) is 0 Å². The first kappa shape index (κ1) is 15.4. The fraction of sp³-hybridized carbons (Fsp3) is 0.400. The van der Waals surface area contributed by atoms with Gasteiger partial charge in [-0.1, -0.05) is 6.07 Å². The molecule has 0 fully saturated rings. The van der Waals surface area contributed by atoms with Crippen LogP contribution >= 0.6 is 0 Å². The minimum Gasteiger partial charge on any atom is -0.405 e. The molecule has 108 valence electrons. The molecule has 1 aromatic rings. The van der Waals surface area contributed by atoms with Crippen LogP contribution in [0.25, 0.3) is 0 Å². The number of benzene rings is 1. The molecule has 9 heteroatoms. The molecule has 0 aliphatic rings. The first-order valence-electron chi connectivity index (χ1n) is 4.82. The van der Waals surface area contributed by atoms with Crippen molar-refractivity contribution in [2.75, 3.05) is 0 Å². The fourth-order valence-corrected chi connectivity index (χ4v) is 1.36. The van der Waals surface area contributed by atoms with Crippen LogP contribution in [0.3, 0.4) is 0 Å². The van der Waals surface area contributed by atoms with Gasteiger partial charge in [-0.3, -0.25) is 0 Å². The van der Waals surface area contributed by atoms with Gasteiger partial charge in [0.05, 0.1) is 11.7 Å². The Labute approximate surface area is 103 Å². The summed E-state index contributed by atoms with van der Waals surface area (Å²) in [7, 11) is 0. The molecule has 0 spiro atoms. The molecule has 0 saturated carbocycles. The summed E-state index contributed by atoms with van der Waals surface area (Å²) in [5.74, 6) is -1.91. The van der Waals surface area contributed by atoms with Crippen LogP contribution in [0.2, 0.25) is 0 Å². The molecule has 0 aliphatic heterocycles. The fourth-order valence-electron chi connectivity index (χ4n) is 1.36. The monoisotopic (exact) mass is 290 g/mol. The highest BCUT2D eigenvalue weighted by molar-refractivity contribution is 5.46. The van der Waals surface area contributed by atoms with Gasteiger partial charge in [-0.2, -0.15) is 0 Å². The second-order valence-corrected chi connectivity index (χ2v) is 3.44. The Balaban J connectivity index is 3.22. The summed E-state index contributed by atoms with van der Waals surface area (Å²) in [5, 5.41) is 9.28. The topological polar surface area (TPSA) is 38.7 Å². The molecule has 0 radical (unpaired) electrons. The molecule has 1 aromatic carbocycles. The summed E-state index contributed by atoms with van der Waals surface area (Å²) in [6.45, 7) is 0.988. The molecule has 19 heavy (non-hydrogen) atoms. The summed E-state index contributed by atoms with van der Waals surface area (Å²) in [4.78, 5) is 0. The quantitative estimate of drug-likeness (QED) is 0.865. The highest BCUT2D eigenvalue weighted by Gasteiger charge is 2.36. The van der Waals surface area contributed by atoms with Crippen LogP contribution in [-0.2, 0) is 0 Å². The molecule has 0 amide bonds. The number of hydrogen-bond donors (Lipinski definition) is 1. The first-order valence-corrected chi connectivity index (χ1v) is 4.82. The van der Waals surface area contributed by atoms with E-state index in [-0.39, 0.29) is 0 Å². The number of aliphatic hydroxyl groups is 1. The summed E-state index contributed by atoms with van der Waals surface area (Å²) in [6.07, 6.45) is -11.8. The number of rotatable bonds is 3. The van der Waals surface area contributed by atoms with Crippen LogP contribution in [0.15, 0.2) is 18.2 Å². The third-order valence-corrected chi connectivity index (χ3v) is 1.90. The second kappa shape index (κ2) is 5.16. The molecule has 0 heterocycles. The third kappa shape index (κ3) is 4.86. The smallest absolute Gasteiger partial charge is 0.405 e. The lowest BCUT2D eigenvalue weighted by atomic mass is 10.1. The third-order valence-electron chi connectivity index (χ3n) is 1.90. The van der Waals surface area contributed by atoms with Crippen molar-refractivity contribution in [3.8, 4) is 11.5 Å². The summed E-state index contributed by atoms with van der Waals surface area (Å²) in [6, 6.07) is 2.44. The van der Waals surface area contributed by atoms with Crippen molar-refractivity contribution in [2.45, 2.75) is 25.8 Å². The van der Waals surface area contributed by atoms with Crippen LogP contribution in [0.5, 0.6) is 11.5 Å². The number of ether oxygens (including phenoxy) is 2. The maximum absolute atomic E-state index is 12.1. The van der Waals surface area contributed by atoms with E-state index >= 15 is 0 Å². The van der Waals surface area contributed by atoms with E-state index < -0.39 is 35.9 Å². The maximum atomic E-state index is 12.1. The minimum atomic E-state index is -5.10. The van der Waals surface area contributed by atoms with Crippen LogP contribution in [0.4, 0.5) is 26.3 Å². The Bertz CT molecular complexity index is 404. The molecular weight excluding hydrogens is 282 g/mol. The van der Waals surface area contributed by atoms with Crippen molar-refractivity contribution in [2.24, 2.45) is 0 Å². The van der Waals surface area contributed by atoms with Crippen molar-refractivity contribution >= 4 is 0 Å². The zero-order valence-electron chi connectivity index (χ0n) is 9.34. The predicted octanol–water partition coefficient (Wildman–Crippen LogP) is 3.54. The van der Waals surface area contributed by atoms with Crippen molar-refractivity contribution in [1.29, 1.82) is 0 Å². The predicted molar refractivity (Wildman–Crippen MR) is 50.4 cm³/mol. The Morgan fingerprint density at radius 3 is 1.58 bits per heavy atom. The van der Waals surface area contributed by atoms with Gasteiger partial charge in [0.2, 0.25) is 0 Å². The van der Waals surface area contributed by atoms with Gasteiger partial charge >= 0.3 is 12.7 Å². The number of hydrogen-bond acceptors (Lipinski definition) is 3. The number of aliphatic hydroxyl groups excluding tert-OH is 1. The van der Waals surface area contributed by atoms with Gasteiger partial charge in [-0.15, -0.1) is 26.3 Å². The average molecular weight is 290 g/mol. The maximum Gasteiger partial charge on any atom is 0.573 e. The molecule has 1 rings (SSSR count). The zero-order chi connectivity index (χ0) is 14.8. The van der Waals surface area contributed by atoms with Gasteiger partial charge < -0.3 is 14.6 Å². The average Bonchev–Trinajstić information content (AvgIpc) is 2.11. The van der Waals surface area contributed by atoms with E-state index in [0.29, 0.717) is 0 Å². The van der Waals surface area contributed by atoms with Crippen LogP contribution in [-0.4, -0.2) is 17.8 Å². The number of halogens is 6. The highest BCUT2D eigenvalue weighted by Crippen LogP contribution is 2.38. The molecular formula is C10H8F6O3. The summed E-state index contributed by atoms with van der Waals surface area (Å²) < 4.78 is 79.6. The Morgan fingerprint density at radius 1 is 0.947 bits per heavy atom. The van der Waals surface area contributed by atoms with E-state index in [4.69, 9.17) is 0 Å². The van der Waals surface area contributed by atoms with Gasteiger partial charge in [-0.05, 0) is 19.1 Å². The lowest BCUT2D eigenvalue weighted by molar-refractivity contribution is -0.277. The molecule has 3 nitrogen and oxygen atoms in total. The SMILES string of the molecule is CC(O)c1c(OC(F)(F)F)cccc1OC(F)(F)F. The van der Waals surface area contributed by atoms with Crippen LogP contribution in [0.1, 0.15) is 18.6 Å². The van der Waals surface area contributed by atoms with E-state index in [9.17, 15) is 31.4 Å². The van der Waals surface area contributed by atoms with E-state index in [1.165, 1.54) is 0 Å². The normalized spacial score (nSPS) is 14.1. The van der Waals surface area contributed by atoms with E-state index in [0.717, 1.165) is 25.1 Å². The Morgan fingerprint density at radius 2 is 1.32 bits per heavy atom. The second-order valence-electron chi connectivity index (χ2n) is 3.44. The molecule has 0 aliphatic carbocycles. The van der Waals surface area contributed by atoms with Crippen molar-refractivity contribution in [3.05, 3.63) is 23.8 Å². The van der Waals surface area contributed by atoms with Crippen LogP contribution in [0, 0.1) is 0 Å².